The van der Waals surface area contributed by atoms with Gasteiger partial charge in [0.05, 0.1) is 10.2 Å². The van der Waals surface area contributed by atoms with Crippen LogP contribution in [0.3, 0.4) is 0 Å². The van der Waals surface area contributed by atoms with E-state index in [1.165, 1.54) is 10.3 Å². The Labute approximate surface area is 219 Å². The lowest BCUT2D eigenvalue weighted by atomic mass is 9.95. The maximum Gasteiger partial charge on any atom is 0.227 e. The third kappa shape index (κ3) is 4.82. The molecule has 5 aromatic rings. The Hall–Kier alpha value is -4.11. The minimum Gasteiger partial charge on any atom is -0.356 e. The van der Waals surface area contributed by atoms with Crippen molar-refractivity contribution in [2.75, 3.05) is 23.3 Å². The Morgan fingerprint density at radius 1 is 0.973 bits per heavy atom. The van der Waals surface area contributed by atoms with Crippen molar-refractivity contribution >= 4 is 39.0 Å². The van der Waals surface area contributed by atoms with E-state index in [9.17, 15) is 4.79 Å². The number of hydrogen-bond donors (Lipinski definition) is 1. The summed E-state index contributed by atoms with van der Waals surface area (Å²) in [4.78, 5) is 33.1. The molecule has 2 aromatic carbocycles. The lowest BCUT2D eigenvalue weighted by Gasteiger charge is -2.32. The summed E-state index contributed by atoms with van der Waals surface area (Å²) in [6.07, 6.45) is 6.79. The van der Waals surface area contributed by atoms with Crippen LogP contribution in [0.4, 0.5) is 11.5 Å². The molecule has 6 rings (SSSR count). The van der Waals surface area contributed by atoms with Gasteiger partial charge in [-0.25, -0.2) is 19.9 Å². The highest BCUT2D eigenvalue weighted by Crippen LogP contribution is 2.31. The van der Waals surface area contributed by atoms with E-state index < -0.39 is 0 Å². The second kappa shape index (κ2) is 9.74. The van der Waals surface area contributed by atoms with Crippen LogP contribution < -0.4 is 10.2 Å². The molecule has 0 spiro atoms. The number of carbonyl (C=O) groups is 1. The van der Waals surface area contributed by atoms with E-state index in [4.69, 9.17) is 4.98 Å². The van der Waals surface area contributed by atoms with Gasteiger partial charge in [-0.2, -0.15) is 0 Å². The molecule has 1 saturated heterocycles. The number of anilines is 2. The van der Waals surface area contributed by atoms with Gasteiger partial charge in [-0.1, -0.05) is 6.07 Å². The third-order valence-corrected chi connectivity index (χ3v) is 7.91. The maximum absolute atomic E-state index is 13.0. The Balaban J connectivity index is 1.07. The van der Waals surface area contributed by atoms with Crippen LogP contribution in [0.2, 0.25) is 0 Å². The van der Waals surface area contributed by atoms with Gasteiger partial charge >= 0.3 is 0 Å². The van der Waals surface area contributed by atoms with Crippen molar-refractivity contribution in [3.05, 3.63) is 78.6 Å². The van der Waals surface area contributed by atoms with Crippen LogP contribution >= 0.6 is 11.3 Å². The van der Waals surface area contributed by atoms with Gasteiger partial charge in [0.1, 0.15) is 28.8 Å². The molecule has 8 nitrogen and oxygen atoms in total. The number of aryl methyl sites for hydroxylation is 2. The number of nitrogens with zero attached hydrogens (tertiary/aromatic N) is 6. The largest absolute Gasteiger partial charge is 0.356 e. The van der Waals surface area contributed by atoms with Crippen LogP contribution in [0.1, 0.15) is 24.2 Å². The smallest absolute Gasteiger partial charge is 0.227 e. The molecule has 0 atom stereocenters. The van der Waals surface area contributed by atoms with Crippen LogP contribution in [0, 0.1) is 19.8 Å². The van der Waals surface area contributed by atoms with Crippen molar-refractivity contribution in [3.63, 3.8) is 0 Å². The Morgan fingerprint density at radius 3 is 2.51 bits per heavy atom. The first-order valence-electron chi connectivity index (χ1n) is 12.4. The minimum absolute atomic E-state index is 0.0272. The molecule has 9 heteroatoms. The summed E-state index contributed by atoms with van der Waals surface area (Å²) in [5, 5.41) is 4.09. The summed E-state index contributed by atoms with van der Waals surface area (Å²) < 4.78 is 3.13. The quantitative estimate of drug-likeness (QED) is 0.341. The Bertz CT molecular complexity index is 1570. The summed E-state index contributed by atoms with van der Waals surface area (Å²) in [6.45, 7) is 5.58. The van der Waals surface area contributed by atoms with Crippen LogP contribution in [0.25, 0.3) is 26.6 Å². The molecular formula is C28H27N7OS. The highest BCUT2D eigenvalue weighted by Gasteiger charge is 2.26. The minimum atomic E-state index is -0.0272. The number of amides is 1. The van der Waals surface area contributed by atoms with Crippen LogP contribution in [-0.2, 0) is 4.79 Å². The topological polar surface area (TPSA) is 88.8 Å². The number of nitrogens with one attached hydrogen (secondary N) is 1. The molecule has 1 aliphatic rings. The summed E-state index contributed by atoms with van der Waals surface area (Å²) in [5.74, 6) is 2.59. The first-order chi connectivity index (χ1) is 18.0. The van der Waals surface area contributed by atoms with Gasteiger partial charge in [-0.3, -0.25) is 9.36 Å². The van der Waals surface area contributed by atoms with Gasteiger partial charge < -0.3 is 10.2 Å². The molecule has 4 heterocycles. The molecule has 0 unspecified atom stereocenters. The molecule has 0 saturated carbocycles. The number of benzene rings is 2. The molecule has 37 heavy (non-hydrogen) atoms. The first kappa shape index (κ1) is 23.3. The van der Waals surface area contributed by atoms with Crippen molar-refractivity contribution in [2.45, 2.75) is 26.7 Å². The predicted molar refractivity (Wildman–Crippen MR) is 147 cm³/mol. The zero-order valence-electron chi connectivity index (χ0n) is 20.8. The van der Waals surface area contributed by atoms with Crippen molar-refractivity contribution in [2.24, 2.45) is 5.92 Å². The molecule has 186 valence electrons. The standard InChI is InChI=1S/C28H27N7OS/c1-18-3-8-23-24(15-18)37-28(33-23)21-4-6-22(7-5-21)32-27(36)20-9-12-34(13-10-20)25-16-26(31-17-30-25)35-14-11-29-19(35)2/h3-8,11,14-17,20H,9-10,12-13H2,1-2H3,(H,32,36). The fourth-order valence-corrected chi connectivity index (χ4v) is 5.80. The second-order valence-corrected chi connectivity index (χ2v) is 10.4. The molecule has 3 aromatic heterocycles. The molecule has 1 N–H and O–H groups in total. The predicted octanol–water partition coefficient (Wildman–Crippen LogP) is 5.41. The zero-order valence-corrected chi connectivity index (χ0v) is 21.6. The molecule has 0 radical (unpaired) electrons. The average molecular weight is 510 g/mol. The number of carbonyl (C=O) groups excluding carboxylic acids is 1. The molecule has 1 fully saturated rings. The molecular weight excluding hydrogens is 482 g/mol. The van der Waals surface area contributed by atoms with Crippen molar-refractivity contribution in [1.82, 2.24) is 24.5 Å². The SMILES string of the molecule is Cc1ccc2nc(-c3ccc(NC(=O)C4CCN(c5cc(-n6ccnc6C)ncn5)CC4)cc3)sc2c1. The molecule has 0 aliphatic carbocycles. The van der Waals surface area contributed by atoms with E-state index in [1.807, 2.05) is 48.0 Å². The number of imidazole rings is 1. The van der Waals surface area contributed by atoms with E-state index in [1.54, 1.807) is 23.9 Å². The normalized spacial score (nSPS) is 14.3. The van der Waals surface area contributed by atoms with Crippen molar-refractivity contribution in [1.29, 1.82) is 0 Å². The highest BCUT2D eigenvalue weighted by molar-refractivity contribution is 7.21. The molecule has 0 bridgehead atoms. The van der Waals surface area contributed by atoms with Crippen molar-refractivity contribution < 1.29 is 4.79 Å². The van der Waals surface area contributed by atoms with E-state index in [-0.39, 0.29) is 11.8 Å². The summed E-state index contributed by atoms with van der Waals surface area (Å²) in [5.41, 5.74) is 4.12. The van der Waals surface area contributed by atoms with E-state index in [2.05, 4.69) is 50.3 Å². The van der Waals surface area contributed by atoms with Gasteiger partial charge in [-0.15, -0.1) is 11.3 Å². The van der Waals surface area contributed by atoms with Gasteiger partial charge in [0.15, 0.2) is 0 Å². The number of piperidine rings is 1. The first-order valence-corrected chi connectivity index (χ1v) is 13.2. The molecule has 1 aliphatic heterocycles. The third-order valence-electron chi connectivity index (χ3n) is 6.84. The van der Waals surface area contributed by atoms with Gasteiger partial charge in [0.25, 0.3) is 0 Å². The van der Waals surface area contributed by atoms with Crippen molar-refractivity contribution in [3.8, 4) is 16.4 Å². The molecule has 1 amide bonds. The summed E-state index contributed by atoms with van der Waals surface area (Å²) >= 11 is 1.69. The number of fused-ring (bicyclic) bond motifs is 1. The van der Waals surface area contributed by atoms with Gasteiger partial charge in [0.2, 0.25) is 5.91 Å². The number of rotatable bonds is 5. The highest BCUT2D eigenvalue weighted by atomic mass is 32.1. The maximum atomic E-state index is 13.0. The summed E-state index contributed by atoms with van der Waals surface area (Å²) in [6, 6.07) is 16.3. The lowest BCUT2D eigenvalue weighted by molar-refractivity contribution is -0.120. The monoisotopic (exact) mass is 509 g/mol. The second-order valence-electron chi connectivity index (χ2n) is 9.40. The number of aromatic nitrogens is 5. The van der Waals surface area contributed by atoms with Crippen LogP contribution in [-0.4, -0.2) is 43.5 Å². The fraction of sp³-hybridized carbons (Fsp3) is 0.250. The van der Waals surface area contributed by atoms with Crippen LogP contribution in [0.5, 0.6) is 0 Å². The Morgan fingerprint density at radius 2 is 1.76 bits per heavy atom. The summed E-state index contributed by atoms with van der Waals surface area (Å²) in [7, 11) is 0. The van der Waals surface area contributed by atoms with Crippen LogP contribution in [0.15, 0.2) is 67.3 Å². The Kier molecular flexibility index (Phi) is 6.13. The zero-order chi connectivity index (χ0) is 25.4. The van der Waals surface area contributed by atoms with Gasteiger partial charge in [-0.05, 0) is 68.7 Å². The number of hydrogen-bond acceptors (Lipinski definition) is 7. The van der Waals surface area contributed by atoms with E-state index in [0.29, 0.717) is 0 Å². The van der Waals surface area contributed by atoms with E-state index >= 15 is 0 Å². The number of thiazole rings is 1. The lowest BCUT2D eigenvalue weighted by Crippen LogP contribution is -2.38. The fourth-order valence-electron chi connectivity index (χ4n) is 4.73. The van der Waals surface area contributed by atoms with E-state index in [0.717, 1.165) is 65.2 Å². The van der Waals surface area contributed by atoms with Gasteiger partial charge in [0, 0.05) is 48.7 Å². The average Bonchev–Trinajstić information content (AvgIpc) is 3.55.